The van der Waals surface area contributed by atoms with Gasteiger partial charge >= 0.3 is 5.97 Å². The van der Waals surface area contributed by atoms with Crippen molar-refractivity contribution in [2.45, 2.75) is 39.2 Å². The molecule has 0 aromatic carbocycles. The van der Waals surface area contributed by atoms with Crippen LogP contribution in [0.3, 0.4) is 0 Å². The molecule has 0 fully saturated rings. The van der Waals surface area contributed by atoms with E-state index in [1.165, 1.54) is 0 Å². The molecule has 0 aliphatic rings. The Labute approximate surface area is 106 Å². The van der Waals surface area contributed by atoms with Crippen molar-refractivity contribution in [1.29, 1.82) is 0 Å². The average molecular weight is 245 g/mol. The Bertz CT molecular complexity index is 208. The maximum atomic E-state index is 11.4. The highest BCUT2D eigenvalue weighted by Gasteiger charge is 2.11. The number of rotatable bonds is 9. The third kappa shape index (κ3) is 10.3. The summed E-state index contributed by atoms with van der Waals surface area (Å²) in [5.41, 5.74) is 0. The number of quaternary nitrogens is 1. The minimum Gasteiger partial charge on any atom is -0.464 e. The van der Waals surface area contributed by atoms with Crippen molar-refractivity contribution in [3.8, 4) is 0 Å². The van der Waals surface area contributed by atoms with E-state index in [9.17, 15) is 4.79 Å². The number of carbonyl (C=O) groups is 1. The molecule has 0 heterocycles. The average Bonchev–Trinajstić information content (AvgIpc) is 2.26. The van der Waals surface area contributed by atoms with Crippen molar-refractivity contribution >= 4 is 5.97 Å². The Balaban J connectivity index is 3.52. The molecule has 4 heteroatoms. The van der Waals surface area contributed by atoms with Gasteiger partial charge in [-0.3, -0.25) is 4.79 Å². The lowest BCUT2D eigenvalue weighted by Crippen LogP contribution is -2.37. The Morgan fingerprint density at radius 3 is 2.29 bits per heavy atom. The molecule has 0 aromatic rings. The first-order valence-electron chi connectivity index (χ1n) is 6.58. The Morgan fingerprint density at radius 1 is 1.24 bits per heavy atom. The first kappa shape index (κ1) is 16.4. The molecule has 1 N–H and O–H groups in total. The fraction of sp³-hybridized carbons (Fsp3) is 0.923. The number of carbonyl (C=O) groups excluding carboxylic acids is 1. The van der Waals surface area contributed by atoms with Crippen LogP contribution in [0.1, 0.15) is 33.1 Å². The monoisotopic (exact) mass is 245 g/mol. The van der Waals surface area contributed by atoms with Gasteiger partial charge in [0.1, 0.15) is 6.61 Å². The van der Waals surface area contributed by atoms with Crippen LogP contribution in [0.4, 0.5) is 0 Å². The molecule has 0 spiro atoms. The Hall–Kier alpha value is -0.610. The van der Waals surface area contributed by atoms with E-state index in [0.717, 1.165) is 30.4 Å². The Kier molecular flexibility index (Phi) is 8.17. The van der Waals surface area contributed by atoms with E-state index in [1.807, 2.05) is 0 Å². The lowest BCUT2D eigenvalue weighted by atomic mass is 10.2. The van der Waals surface area contributed by atoms with E-state index in [1.54, 1.807) is 0 Å². The van der Waals surface area contributed by atoms with E-state index in [2.05, 4.69) is 40.3 Å². The van der Waals surface area contributed by atoms with Gasteiger partial charge in [0, 0.05) is 12.6 Å². The van der Waals surface area contributed by atoms with Gasteiger partial charge in [-0.25, -0.2) is 0 Å². The topological polar surface area (TPSA) is 38.3 Å². The second-order valence-electron chi connectivity index (χ2n) is 5.45. The van der Waals surface area contributed by atoms with Gasteiger partial charge in [-0.15, -0.1) is 0 Å². The SMILES string of the molecule is CCC(CC)NCCOC(=O)CC[N+](C)(C)C. The first-order chi connectivity index (χ1) is 7.89. The van der Waals surface area contributed by atoms with Crippen LogP contribution in [0.5, 0.6) is 0 Å². The summed E-state index contributed by atoms with van der Waals surface area (Å²) in [4.78, 5) is 11.4. The quantitative estimate of drug-likeness (QED) is 0.379. The Morgan fingerprint density at radius 2 is 1.82 bits per heavy atom. The summed E-state index contributed by atoms with van der Waals surface area (Å²) in [5.74, 6) is -0.0932. The van der Waals surface area contributed by atoms with Crippen molar-refractivity contribution in [3.05, 3.63) is 0 Å². The minimum atomic E-state index is -0.0932. The van der Waals surface area contributed by atoms with Crippen LogP contribution in [0, 0.1) is 0 Å². The summed E-state index contributed by atoms with van der Waals surface area (Å²) in [6.07, 6.45) is 2.73. The molecule has 0 bridgehead atoms. The van der Waals surface area contributed by atoms with Crippen LogP contribution in [0.25, 0.3) is 0 Å². The molecule has 102 valence electrons. The van der Waals surface area contributed by atoms with E-state index in [4.69, 9.17) is 4.74 Å². The maximum Gasteiger partial charge on any atom is 0.311 e. The molecule has 0 radical (unpaired) electrons. The second-order valence-corrected chi connectivity index (χ2v) is 5.45. The summed E-state index contributed by atoms with van der Waals surface area (Å²) >= 11 is 0. The summed E-state index contributed by atoms with van der Waals surface area (Å²) in [6.45, 7) is 6.37. The molecule has 0 rings (SSSR count). The van der Waals surface area contributed by atoms with Crippen LogP contribution >= 0.6 is 0 Å². The van der Waals surface area contributed by atoms with Gasteiger partial charge < -0.3 is 14.5 Å². The molecule has 0 aliphatic carbocycles. The molecule has 0 atom stereocenters. The second kappa shape index (κ2) is 8.48. The normalized spacial score (nSPS) is 11.9. The van der Waals surface area contributed by atoms with E-state index in [-0.39, 0.29) is 5.97 Å². The number of hydrogen-bond acceptors (Lipinski definition) is 3. The van der Waals surface area contributed by atoms with E-state index < -0.39 is 0 Å². The highest BCUT2D eigenvalue weighted by molar-refractivity contribution is 5.69. The minimum absolute atomic E-state index is 0.0932. The van der Waals surface area contributed by atoms with Crippen molar-refractivity contribution in [3.63, 3.8) is 0 Å². The largest absolute Gasteiger partial charge is 0.464 e. The molecule has 17 heavy (non-hydrogen) atoms. The summed E-state index contributed by atoms with van der Waals surface area (Å²) in [6, 6.07) is 0.542. The van der Waals surface area contributed by atoms with Crippen LogP contribution < -0.4 is 5.32 Å². The molecule has 0 saturated heterocycles. The van der Waals surface area contributed by atoms with E-state index >= 15 is 0 Å². The van der Waals surface area contributed by atoms with Crippen molar-refractivity contribution in [2.24, 2.45) is 0 Å². The maximum absolute atomic E-state index is 11.4. The number of nitrogens with zero attached hydrogens (tertiary/aromatic N) is 1. The summed E-state index contributed by atoms with van der Waals surface area (Å²) in [7, 11) is 6.21. The highest BCUT2D eigenvalue weighted by Crippen LogP contribution is 1.97. The molecule has 0 aromatic heterocycles. The number of ether oxygens (including phenoxy) is 1. The molecule has 4 nitrogen and oxygen atoms in total. The zero-order chi connectivity index (χ0) is 13.3. The lowest BCUT2D eigenvalue weighted by Gasteiger charge is -2.23. The molecule has 0 saturated carbocycles. The molecular formula is C13H29N2O2+. The van der Waals surface area contributed by atoms with Gasteiger partial charge in [0.05, 0.1) is 34.1 Å². The van der Waals surface area contributed by atoms with Crippen molar-refractivity contribution in [1.82, 2.24) is 5.32 Å². The predicted octanol–water partition coefficient (Wildman–Crippen LogP) is 1.40. The highest BCUT2D eigenvalue weighted by atomic mass is 16.5. The molecule has 0 aliphatic heterocycles. The van der Waals surface area contributed by atoms with Crippen molar-refractivity contribution in [2.75, 3.05) is 40.8 Å². The zero-order valence-electron chi connectivity index (χ0n) is 12.1. The molecule has 0 amide bonds. The lowest BCUT2D eigenvalue weighted by molar-refractivity contribution is -0.869. The zero-order valence-corrected chi connectivity index (χ0v) is 12.1. The fourth-order valence-electron chi connectivity index (χ4n) is 1.50. The number of hydrogen-bond donors (Lipinski definition) is 1. The van der Waals surface area contributed by atoms with Gasteiger partial charge in [0.15, 0.2) is 0 Å². The smallest absolute Gasteiger partial charge is 0.311 e. The third-order valence-electron chi connectivity index (χ3n) is 2.77. The van der Waals surface area contributed by atoms with E-state index in [0.29, 0.717) is 19.1 Å². The summed E-state index contributed by atoms with van der Waals surface area (Å²) < 4.78 is 5.96. The van der Waals surface area contributed by atoms with Gasteiger partial charge in [-0.2, -0.15) is 0 Å². The van der Waals surface area contributed by atoms with Crippen LogP contribution in [-0.2, 0) is 9.53 Å². The van der Waals surface area contributed by atoms with Crippen LogP contribution in [0.2, 0.25) is 0 Å². The fourth-order valence-corrected chi connectivity index (χ4v) is 1.50. The molecular weight excluding hydrogens is 216 g/mol. The van der Waals surface area contributed by atoms with Gasteiger partial charge in [-0.05, 0) is 12.8 Å². The van der Waals surface area contributed by atoms with Crippen LogP contribution in [-0.4, -0.2) is 57.3 Å². The van der Waals surface area contributed by atoms with Crippen molar-refractivity contribution < 1.29 is 14.0 Å². The molecule has 0 unspecified atom stereocenters. The van der Waals surface area contributed by atoms with Gasteiger partial charge in [-0.1, -0.05) is 13.8 Å². The van der Waals surface area contributed by atoms with Gasteiger partial charge in [0.25, 0.3) is 0 Å². The third-order valence-corrected chi connectivity index (χ3v) is 2.77. The number of esters is 1. The standard InChI is InChI=1S/C13H29N2O2/c1-6-12(7-2)14-9-11-17-13(16)8-10-15(3,4)5/h12,14H,6-11H2,1-5H3/q+1. The number of nitrogens with one attached hydrogen (secondary N) is 1. The van der Waals surface area contributed by atoms with Crippen LogP contribution in [0.15, 0.2) is 0 Å². The first-order valence-corrected chi connectivity index (χ1v) is 6.58. The van der Waals surface area contributed by atoms with Gasteiger partial charge in [0.2, 0.25) is 0 Å². The predicted molar refractivity (Wildman–Crippen MR) is 70.8 cm³/mol. The summed E-state index contributed by atoms with van der Waals surface area (Å²) in [5, 5.41) is 3.37.